The van der Waals surface area contributed by atoms with E-state index in [2.05, 4.69) is 0 Å². The Morgan fingerprint density at radius 3 is 0.951 bits per heavy atom. The summed E-state index contributed by atoms with van der Waals surface area (Å²) < 4.78 is 235. The fourth-order valence-corrected chi connectivity index (χ4v) is 9.43. The van der Waals surface area contributed by atoms with Gasteiger partial charge in [0, 0.05) is 0 Å². The molecule has 17 heteroatoms. The zero-order chi connectivity index (χ0) is 46.2. The maximum atomic E-state index is 16.5. The minimum atomic E-state index is -5.96. The topological polar surface area (TPSA) is 0 Å². The van der Waals surface area contributed by atoms with Gasteiger partial charge in [-0.25, -0.2) is 71.8 Å². The molecule has 61 heavy (non-hydrogen) atoms. The molecule has 0 aliphatic rings. The van der Waals surface area contributed by atoms with Crippen LogP contribution in [-0.2, 0) is 16.2 Å². The maximum absolute atomic E-state index is 16.5. The van der Waals surface area contributed by atoms with Crippen LogP contribution in [0.3, 0.4) is 0 Å². The minimum Gasteiger partial charge on any atom is -0.222 e. The number of rotatable bonds is 7. The van der Waals surface area contributed by atoms with Gasteiger partial charge in [0.05, 0.1) is 0 Å². The molecule has 0 heterocycles. The average Bonchev–Trinajstić information content (AvgIpc) is 3.18. The fraction of sp³-hybridized carbons (Fsp3) is 0.273. The predicted octanol–water partition coefficient (Wildman–Crippen LogP) is 11.7. The smallest absolute Gasteiger partial charge is 0.200 e. The summed E-state index contributed by atoms with van der Waals surface area (Å²) in [5, 5.41) is -0.267. The zero-order valence-corrected chi connectivity index (χ0v) is 34.9. The molecule has 5 aromatic rings. The van der Waals surface area contributed by atoms with Gasteiger partial charge in [-0.3, -0.25) is 0 Å². The van der Waals surface area contributed by atoms with Crippen LogP contribution in [0.5, 0.6) is 0 Å². The first kappa shape index (κ1) is 47.3. The fourth-order valence-electron chi connectivity index (χ4n) is 7.35. The lowest BCUT2D eigenvalue weighted by Crippen LogP contribution is -2.72. The molecule has 5 aromatic carbocycles. The summed E-state index contributed by atoms with van der Waals surface area (Å²) in [6.45, 7) is 16.3. The molecule has 0 nitrogen and oxygen atoms in total. The van der Waals surface area contributed by atoms with Gasteiger partial charge in [-0.05, 0) is 43.8 Å². The lowest BCUT2D eigenvalue weighted by atomic mass is 9.15. The summed E-state index contributed by atoms with van der Waals surface area (Å²) in [5.74, 6) is -45.5. The van der Waals surface area contributed by atoms with Gasteiger partial charge < -0.3 is 0 Å². The average molecular weight is 892 g/mol. The van der Waals surface area contributed by atoms with Crippen molar-refractivity contribution < 1.29 is 65.9 Å². The summed E-state index contributed by atoms with van der Waals surface area (Å²) >= 11 is 0. The Kier molecular flexibility index (Phi) is 12.6. The molecule has 0 spiro atoms. The molecule has 0 aliphatic carbocycles. The second-order valence-electron chi connectivity index (χ2n) is 17.7. The maximum Gasteiger partial charge on any atom is 0.200 e. The van der Waals surface area contributed by atoms with Crippen LogP contribution in [0, 0.1) is 87.3 Å². The van der Waals surface area contributed by atoms with Crippen molar-refractivity contribution in [2.24, 2.45) is 0 Å². The Balaban J connectivity index is 2.25. The van der Waals surface area contributed by atoms with Crippen LogP contribution in [0.2, 0.25) is 0 Å². The van der Waals surface area contributed by atoms with E-state index in [1.165, 1.54) is 30.3 Å². The van der Waals surface area contributed by atoms with E-state index in [1.54, 1.807) is 53.7 Å². The molecule has 0 fully saturated rings. The Labute approximate surface area is 343 Å². The highest BCUT2D eigenvalue weighted by molar-refractivity contribution is 7.59. The lowest BCUT2D eigenvalue weighted by molar-refractivity contribution is 0.380. The molecule has 0 bridgehead atoms. The number of hydrogen-bond acceptors (Lipinski definition) is 0. The first-order chi connectivity index (χ1) is 27.9. The molecule has 326 valence electrons. The molecule has 0 aliphatic heterocycles. The summed E-state index contributed by atoms with van der Waals surface area (Å²) in [4.78, 5) is 0. The molecule has 0 amide bonds. The first-order valence-corrected chi connectivity index (χ1v) is 19.4. The van der Waals surface area contributed by atoms with Crippen LogP contribution >= 0.6 is 8.58 Å². The third kappa shape index (κ3) is 7.98. The monoisotopic (exact) mass is 891 g/mol. The highest BCUT2D eigenvalue weighted by atomic mass is 31.1. The molecule has 1 unspecified atom stereocenters. The van der Waals surface area contributed by atoms with E-state index >= 15 is 52.7 Å². The van der Waals surface area contributed by atoms with Crippen LogP contribution in [0.4, 0.5) is 65.9 Å². The summed E-state index contributed by atoms with van der Waals surface area (Å²) in [5.41, 5.74) is -8.65. The van der Waals surface area contributed by atoms with E-state index in [0.717, 1.165) is 5.56 Å². The number of hydrogen-bond donors (Lipinski definition) is 0. The van der Waals surface area contributed by atoms with Crippen LogP contribution < -0.4 is 21.7 Å². The molecule has 0 saturated heterocycles. The highest BCUT2D eigenvalue weighted by Crippen LogP contribution is 2.43. The first-order valence-electron chi connectivity index (χ1n) is 18.4. The third-order valence-corrected chi connectivity index (χ3v) is 12.0. The van der Waals surface area contributed by atoms with Gasteiger partial charge in [0.15, 0.2) is 52.4 Å². The van der Waals surface area contributed by atoms with Gasteiger partial charge in [0.1, 0.15) is 41.0 Å². The van der Waals surface area contributed by atoms with Gasteiger partial charge in [-0.1, -0.05) is 119 Å². The van der Waals surface area contributed by atoms with Crippen molar-refractivity contribution in [3.8, 4) is 0 Å². The SMILES string of the molecule is CC(C)(C)c1cc(C(C)(C)C)c(P/C(=C/[B-](c2c(F)c(F)c(F)c(F)c2F)(c2c(F)c(F)c(F)c(F)c2F)c2c(F)c(F)c(F)c(F)c2F)c2ccccc2)c(C(C)(C)C)c1. The van der Waals surface area contributed by atoms with E-state index in [9.17, 15) is 13.2 Å². The van der Waals surface area contributed by atoms with E-state index in [0.29, 0.717) is 16.4 Å². The van der Waals surface area contributed by atoms with Gasteiger partial charge in [0.2, 0.25) is 0 Å². The molecule has 0 saturated carbocycles. The second kappa shape index (κ2) is 16.2. The summed E-state index contributed by atoms with van der Waals surface area (Å²) in [6.07, 6.45) is -5.96. The minimum absolute atomic E-state index is 0.0825. The third-order valence-electron chi connectivity index (χ3n) is 10.5. The molecular formula is C44H36BF15P-. The molecule has 0 aromatic heterocycles. The number of benzene rings is 5. The molecule has 5 rings (SSSR count). The quantitative estimate of drug-likeness (QED) is 0.0502. The van der Waals surface area contributed by atoms with E-state index < -0.39 is 140 Å². The van der Waals surface area contributed by atoms with E-state index in [-0.39, 0.29) is 11.5 Å². The second-order valence-corrected chi connectivity index (χ2v) is 18.9. The van der Waals surface area contributed by atoms with E-state index in [1.807, 2.05) is 20.8 Å². The van der Waals surface area contributed by atoms with Crippen LogP contribution in [0.15, 0.2) is 48.4 Å². The molecule has 1 atom stereocenters. The number of halogens is 15. The van der Waals surface area contributed by atoms with E-state index in [4.69, 9.17) is 0 Å². The zero-order valence-electron chi connectivity index (χ0n) is 33.9. The van der Waals surface area contributed by atoms with Crippen LogP contribution in [0.25, 0.3) is 5.31 Å². The Hall–Kier alpha value is -4.72. The van der Waals surface area contributed by atoms with Crippen LogP contribution in [-0.4, -0.2) is 6.15 Å². The van der Waals surface area contributed by atoms with Crippen molar-refractivity contribution in [1.82, 2.24) is 0 Å². The summed E-state index contributed by atoms with van der Waals surface area (Å²) in [7, 11) is -1.08. The normalized spacial score (nSPS) is 13.3. The summed E-state index contributed by atoms with van der Waals surface area (Å²) in [6, 6.07) is 9.98. The van der Waals surface area contributed by atoms with Gasteiger partial charge in [-0.2, -0.15) is 0 Å². The Morgan fingerprint density at radius 1 is 0.410 bits per heavy atom. The van der Waals surface area contributed by atoms with Crippen molar-refractivity contribution in [2.75, 3.05) is 0 Å². The Bertz CT molecular complexity index is 2330. The van der Waals surface area contributed by atoms with Crippen molar-refractivity contribution in [3.63, 3.8) is 0 Å². The van der Waals surface area contributed by atoms with Gasteiger partial charge in [-0.15, -0.1) is 16.4 Å². The lowest BCUT2D eigenvalue weighted by Gasteiger charge is -2.42. The largest absolute Gasteiger partial charge is 0.222 e. The van der Waals surface area contributed by atoms with Crippen molar-refractivity contribution >= 4 is 41.7 Å². The van der Waals surface area contributed by atoms with Crippen molar-refractivity contribution in [3.05, 3.63) is 158 Å². The predicted molar refractivity (Wildman–Crippen MR) is 208 cm³/mol. The molecule has 0 radical (unpaired) electrons. The van der Waals surface area contributed by atoms with Crippen molar-refractivity contribution in [2.45, 2.75) is 78.6 Å². The Morgan fingerprint density at radius 2 is 0.689 bits per heavy atom. The van der Waals surface area contributed by atoms with Crippen molar-refractivity contribution in [1.29, 1.82) is 0 Å². The highest BCUT2D eigenvalue weighted by Gasteiger charge is 2.47. The van der Waals surface area contributed by atoms with Crippen LogP contribution in [0.1, 0.15) is 84.6 Å². The molecular weight excluding hydrogens is 855 g/mol. The standard InChI is InChI=1S/C44H36BF15P/c1-42(2,3)19-15-20(43(4,5)6)41(21(16-19)44(7,8)9)61-22(18-13-11-10-12-14-18)17-45(23-26(46)32(52)38(58)33(53)27(23)47,24-28(48)34(54)39(59)35(55)29(24)49)25-30(50)36(56)40(60)37(57)31(25)51/h10-17,61H,1-9H3/q-1/b22-17+. The van der Waals surface area contributed by atoms with Gasteiger partial charge >= 0.3 is 0 Å². The van der Waals surface area contributed by atoms with Gasteiger partial charge in [0.25, 0.3) is 0 Å². The molecule has 0 N–H and O–H groups in total.